The second-order valence-corrected chi connectivity index (χ2v) is 11.6. The third-order valence-electron chi connectivity index (χ3n) is 8.56. The number of carboxylic acid groups (broad SMARTS) is 1. The van der Waals surface area contributed by atoms with E-state index in [9.17, 15) is 24.6 Å². The Labute approximate surface area is 239 Å². The predicted octanol–water partition coefficient (Wildman–Crippen LogP) is 2.76. The van der Waals surface area contributed by atoms with Crippen LogP contribution in [0.3, 0.4) is 0 Å². The fourth-order valence-electron chi connectivity index (χ4n) is 6.04. The molecule has 0 radical (unpaired) electrons. The van der Waals surface area contributed by atoms with Gasteiger partial charge in [0, 0.05) is 42.9 Å². The smallest absolute Gasteiger partial charge is 0.336 e. The van der Waals surface area contributed by atoms with Gasteiger partial charge in [-0.15, -0.1) is 0 Å². The zero-order valence-corrected chi connectivity index (χ0v) is 23.5. The van der Waals surface area contributed by atoms with Crippen LogP contribution in [0.4, 0.5) is 5.69 Å². The van der Waals surface area contributed by atoms with Gasteiger partial charge >= 0.3 is 5.97 Å². The normalized spacial score (nSPS) is 19.4. The maximum Gasteiger partial charge on any atom is 0.336 e. The summed E-state index contributed by atoms with van der Waals surface area (Å²) < 4.78 is 5.86. The van der Waals surface area contributed by atoms with E-state index in [0.717, 1.165) is 55.6 Å². The Kier molecular flexibility index (Phi) is 8.63. The van der Waals surface area contributed by atoms with Gasteiger partial charge in [-0.1, -0.05) is 0 Å². The molecule has 3 fully saturated rings. The molecular formula is C31H39N3O7. The van der Waals surface area contributed by atoms with E-state index in [2.05, 4.69) is 10.2 Å². The van der Waals surface area contributed by atoms with Crippen LogP contribution >= 0.6 is 0 Å². The minimum Gasteiger partial charge on any atom is -0.494 e. The van der Waals surface area contributed by atoms with Crippen LogP contribution in [-0.2, 0) is 11.3 Å². The molecule has 2 amide bonds. The molecule has 0 aromatic heterocycles. The lowest BCUT2D eigenvalue weighted by Crippen LogP contribution is -2.41. The van der Waals surface area contributed by atoms with Crippen molar-refractivity contribution >= 4 is 23.5 Å². The highest BCUT2D eigenvalue weighted by atomic mass is 16.5. The maximum absolute atomic E-state index is 13.1. The average Bonchev–Trinajstić information content (AvgIpc) is 3.77. The number of piperidine rings is 1. The number of hydrogen-bond acceptors (Lipinski definition) is 7. The number of carbonyl (C=O) groups excluding carboxylic acids is 2. The third kappa shape index (κ3) is 6.55. The van der Waals surface area contributed by atoms with Crippen molar-refractivity contribution in [1.29, 1.82) is 0 Å². The summed E-state index contributed by atoms with van der Waals surface area (Å²) in [6.07, 6.45) is 3.30. The molecule has 10 nitrogen and oxygen atoms in total. The van der Waals surface area contributed by atoms with Crippen LogP contribution in [0.15, 0.2) is 36.4 Å². The van der Waals surface area contributed by atoms with Gasteiger partial charge in [0.2, 0.25) is 5.91 Å². The van der Waals surface area contributed by atoms with E-state index in [4.69, 9.17) is 9.84 Å². The summed E-state index contributed by atoms with van der Waals surface area (Å²) in [5.74, 6) is -0.226. The second kappa shape index (κ2) is 12.2. The number of anilines is 1. The largest absolute Gasteiger partial charge is 0.494 e. The number of carbonyl (C=O) groups is 3. The Morgan fingerprint density at radius 3 is 2.46 bits per heavy atom. The molecule has 1 atom stereocenters. The van der Waals surface area contributed by atoms with Crippen molar-refractivity contribution in [2.75, 3.05) is 44.3 Å². The topological polar surface area (TPSA) is 140 Å². The number of aromatic carboxylic acids is 1. The van der Waals surface area contributed by atoms with Gasteiger partial charge in [0.25, 0.3) is 5.91 Å². The third-order valence-corrected chi connectivity index (χ3v) is 8.56. The molecule has 41 heavy (non-hydrogen) atoms. The number of nitrogens with zero attached hydrogens (tertiary/aromatic N) is 2. The molecule has 2 aliphatic heterocycles. The highest BCUT2D eigenvalue weighted by Gasteiger charge is 2.45. The van der Waals surface area contributed by atoms with E-state index in [-0.39, 0.29) is 23.8 Å². The molecule has 5 rings (SSSR count). The summed E-state index contributed by atoms with van der Waals surface area (Å²) in [5, 5.41) is 30.7. The molecule has 3 aliphatic rings. The Bertz CT molecular complexity index is 1280. The fourth-order valence-corrected chi connectivity index (χ4v) is 6.04. The first kappa shape index (κ1) is 29.0. The SMILES string of the molecule is CCOc1cc(C(=O)O)c(C2CC2)cc1CN1CCC2(CC1)CC(=O)N(c1ccc(C(=O)NCC(O)CO)cc1)C2. The summed E-state index contributed by atoms with van der Waals surface area (Å²) in [4.78, 5) is 41.4. The van der Waals surface area contributed by atoms with Crippen molar-refractivity contribution in [2.45, 2.75) is 57.6 Å². The Morgan fingerprint density at radius 1 is 1.15 bits per heavy atom. The molecule has 0 bridgehead atoms. The van der Waals surface area contributed by atoms with Gasteiger partial charge in [-0.3, -0.25) is 14.5 Å². The minimum atomic E-state index is -1.01. The number of ether oxygens (including phenoxy) is 1. The van der Waals surface area contributed by atoms with Gasteiger partial charge in [-0.05, 0) is 99.0 Å². The first-order valence-corrected chi connectivity index (χ1v) is 14.4. The van der Waals surface area contributed by atoms with Gasteiger partial charge in [0.05, 0.1) is 24.9 Å². The molecule has 2 heterocycles. The molecule has 2 saturated heterocycles. The lowest BCUT2D eigenvalue weighted by molar-refractivity contribution is -0.118. The van der Waals surface area contributed by atoms with Crippen LogP contribution < -0.4 is 15.0 Å². The van der Waals surface area contributed by atoms with Crippen molar-refractivity contribution in [2.24, 2.45) is 5.41 Å². The number of carboxylic acids is 1. The van der Waals surface area contributed by atoms with E-state index < -0.39 is 18.7 Å². The molecule has 1 spiro atoms. The summed E-state index contributed by atoms with van der Waals surface area (Å²) in [7, 11) is 0. The zero-order chi connectivity index (χ0) is 29.1. The number of aliphatic hydroxyl groups excluding tert-OH is 2. The van der Waals surface area contributed by atoms with E-state index in [1.165, 1.54) is 0 Å². The lowest BCUT2D eigenvalue weighted by atomic mass is 9.77. The molecule has 220 valence electrons. The van der Waals surface area contributed by atoms with Crippen molar-refractivity contribution in [3.63, 3.8) is 0 Å². The molecular weight excluding hydrogens is 526 g/mol. The van der Waals surface area contributed by atoms with Gasteiger partial charge in [0.1, 0.15) is 5.75 Å². The number of benzene rings is 2. The van der Waals surface area contributed by atoms with Crippen LogP contribution in [0.25, 0.3) is 0 Å². The standard InChI is InChI=1S/C31H39N3O7/c1-2-41-27-14-26(30(39)40)25(20-3-4-20)13-22(27)17-33-11-9-31(10-12-33)15-28(37)34(19-31)23-7-5-21(6-8-23)29(38)32-16-24(36)18-35/h5-8,13-14,20,24,35-36H,2-4,9-12,15-19H2,1H3,(H,32,38)(H,39,40). The van der Waals surface area contributed by atoms with Crippen molar-refractivity contribution in [3.8, 4) is 5.75 Å². The van der Waals surface area contributed by atoms with Crippen LogP contribution in [-0.4, -0.2) is 83.5 Å². The summed E-state index contributed by atoms with van der Waals surface area (Å²) in [6.45, 7) is 4.90. The minimum absolute atomic E-state index is 0.0382. The Morgan fingerprint density at radius 2 is 1.85 bits per heavy atom. The number of rotatable bonds is 11. The highest BCUT2D eigenvalue weighted by Crippen LogP contribution is 2.45. The van der Waals surface area contributed by atoms with E-state index in [0.29, 0.717) is 48.9 Å². The molecule has 4 N–H and O–H groups in total. The van der Waals surface area contributed by atoms with Gasteiger partial charge in [-0.25, -0.2) is 4.79 Å². The van der Waals surface area contributed by atoms with E-state index >= 15 is 0 Å². The van der Waals surface area contributed by atoms with Crippen LogP contribution in [0.5, 0.6) is 5.75 Å². The first-order valence-electron chi connectivity index (χ1n) is 14.4. The second-order valence-electron chi connectivity index (χ2n) is 11.6. The van der Waals surface area contributed by atoms with E-state index in [1.54, 1.807) is 30.3 Å². The van der Waals surface area contributed by atoms with Gasteiger partial charge in [0.15, 0.2) is 0 Å². The average molecular weight is 566 g/mol. The first-order chi connectivity index (χ1) is 19.7. The molecule has 1 aliphatic carbocycles. The number of hydrogen-bond donors (Lipinski definition) is 4. The van der Waals surface area contributed by atoms with Crippen LogP contribution in [0.2, 0.25) is 0 Å². The monoisotopic (exact) mass is 565 g/mol. The quantitative estimate of drug-likeness (QED) is 0.326. The number of likely N-dealkylation sites (tertiary alicyclic amines) is 1. The number of aliphatic hydroxyl groups is 2. The molecule has 10 heteroatoms. The Balaban J connectivity index is 1.21. The fraction of sp³-hybridized carbons (Fsp3) is 0.516. The summed E-state index contributed by atoms with van der Waals surface area (Å²) in [6, 6.07) is 10.6. The zero-order valence-electron chi connectivity index (χ0n) is 23.5. The molecule has 1 saturated carbocycles. The summed E-state index contributed by atoms with van der Waals surface area (Å²) in [5.41, 5.74) is 3.35. The molecule has 2 aromatic carbocycles. The van der Waals surface area contributed by atoms with Gasteiger partial charge in [-0.2, -0.15) is 0 Å². The summed E-state index contributed by atoms with van der Waals surface area (Å²) >= 11 is 0. The van der Waals surface area contributed by atoms with Crippen molar-refractivity contribution in [1.82, 2.24) is 10.2 Å². The van der Waals surface area contributed by atoms with Crippen LogP contribution in [0.1, 0.15) is 76.8 Å². The Hall–Kier alpha value is -3.47. The number of amides is 2. The van der Waals surface area contributed by atoms with Gasteiger partial charge < -0.3 is 30.3 Å². The number of nitrogens with one attached hydrogen (secondary N) is 1. The van der Waals surface area contributed by atoms with Crippen LogP contribution in [0, 0.1) is 5.41 Å². The molecule has 2 aromatic rings. The van der Waals surface area contributed by atoms with Crippen molar-refractivity contribution < 1.29 is 34.4 Å². The predicted molar refractivity (Wildman–Crippen MR) is 152 cm³/mol. The van der Waals surface area contributed by atoms with Crippen molar-refractivity contribution in [3.05, 3.63) is 58.7 Å². The highest BCUT2D eigenvalue weighted by molar-refractivity contribution is 5.98. The maximum atomic E-state index is 13.1. The van der Waals surface area contributed by atoms with E-state index in [1.807, 2.05) is 17.9 Å². The lowest BCUT2D eigenvalue weighted by Gasteiger charge is -2.39. The molecule has 1 unspecified atom stereocenters.